The Balaban J connectivity index is 2.55. The normalized spacial score (nSPS) is 12.2. The third kappa shape index (κ3) is 2.87. The van der Waals surface area contributed by atoms with Crippen molar-refractivity contribution in [3.05, 3.63) is 36.0 Å². The molecule has 0 N–H and O–H groups in total. The van der Waals surface area contributed by atoms with Crippen LogP contribution in [0.25, 0.3) is 10.9 Å². The van der Waals surface area contributed by atoms with E-state index in [4.69, 9.17) is 0 Å². The molecule has 0 radical (unpaired) electrons. The van der Waals surface area contributed by atoms with E-state index in [9.17, 15) is 8.42 Å². The first-order valence-corrected chi connectivity index (χ1v) is 8.91. The van der Waals surface area contributed by atoms with Crippen LogP contribution in [0.15, 0.2) is 35.4 Å². The highest BCUT2D eigenvalue weighted by molar-refractivity contribution is 9.09. The molecule has 0 aliphatic rings. The Bertz CT molecular complexity index is 716. The second-order valence-electron chi connectivity index (χ2n) is 4.65. The molecule has 1 aromatic carbocycles. The molecular formula is C14H17BrN2O2S. The first kappa shape index (κ1) is 15.4. The van der Waals surface area contributed by atoms with Crippen LogP contribution in [-0.4, -0.2) is 36.6 Å². The minimum absolute atomic E-state index is 0.322. The number of sulfonamides is 1. The monoisotopic (exact) mass is 356 g/mol. The summed E-state index contributed by atoms with van der Waals surface area (Å²) < 4.78 is 26.7. The van der Waals surface area contributed by atoms with E-state index in [1.165, 1.54) is 4.31 Å². The Kier molecular flexibility index (Phi) is 4.78. The van der Waals surface area contributed by atoms with Crippen LogP contribution in [0, 0.1) is 6.92 Å². The van der Waals surface area contributed by atoms with Crippen molar-refractivity contribution < 1.29 is 8.42 Å². The van der Waals surface area contributed by atoms with E-state index in [1.807, 2.05) is 6.92 Å². The summed E-state index contributed by atoms with van der Waals surface area (Å²) in [5, 5.41) is 1.46. The Labute approximate surface area is 128 Å². The van der Waals surface area contributed by atoms with Crippen molar-refractivity contribution in [2.45, 2.75) is 18.2 Å². The number of hydrogen-bond acceptors (Lipinski definition) is 3. The fourth-order valence-corrected chi connectivity index (χ4v) is 3.72. The fraction of sp³-hybridized carbons (Fsp3) is 0.357. The van der Waals surface area contributed by atoms with Gasteiger partial charge in [0.2, 0.25) is 10.0 Å². The van der Waals surface area contributed by atoms with Gasteiger partial charge in [0.05, 0.1) is 10.4 Å². The average Bonchev–Trinajstić information content (AvgIpc) is 2.45. The number of rotatable bonds is 5. The van der Waals surface area contributed by atoms with Gasteiger partial charge in [0.25, 0.3) is 0 Å². The summed E-state index contributed by atoms with van der Waals surface area (Å²) in [5.74, 6) is 0. The van der Waals surface area contributed by atoms with Gasteiger partial charge in [-0.25, -0.2) is 12.7 Å². The zero-order valence-electron chi connectivity index (χ0n) is 11.5. The average molecular weight is 357 g/mol. The molecule has 1 heterocycles. The molecular weight excluding hydrogens is 340 g/mol. The maximum Gasteiger partial charge on any atom is 0.243 e. The van der Waals surface area contributed by atoms with Crippen molar-refractivity contribution in [1.82, 2.24) is 9.29 Å². The molecule has 2 rings (SSSR count). The van der Waals surface area contributed by atoms with E-state index in [0.29, 0.717) is 16.8 Å². The number of hydrogen-bond donors (Lipinski definition) is 0. The Morgan fingerprint density at radius 3 is 2.75 bits per heavy atom. The van der Waals surface area contributed by atoms with Gasteiger partial charge in [-0.1, -0.05) is 22.0 Å². The van der Waals surface area contributed by atoms with Crippen molar-refractivity contribution in [3.8, 4) is 0 Å². The number of fused-ring (bicyclic) bond motifs is 1. The highest BCUT2D eigenvalue weighted by Crippen LogP contribution is 2.26. The minimum atomic E-state index is -3.48. The van der Waals surface area contributed by atoms with E-state index < -0.39 is 10.0 Å². The molecule has 0 atom stereocenters. The maximum absolute atomic E-state index is 12.6. The standard InChI is InChI=1S/C14H17BrN2O2S/c1-11-6-7-13(12-5-3-9-16-14(11)12)20(18,19)17(2)10-4-8-15/h3,5-7,9H,4,8,10H2,1-2H3. The molecule has 4 nitrogen and oxygen atoms in total. The molecule has 0 fully saturated rings. The summed E-state index contributed by atoms with van der Waals surface area (Å²) in [6, 6.07) is 7.04. The fourth-order valence-electron chi connectivity index (χ4n) is 2.08. The molecule has 0 saturated carbocycles. The predicted molar refractivity (Wildman–Crippen MR) is 84.7 cm³/mol. The molecule has 0 aliphatic heterocycles. The van der Waals surface area contributed by atoms with Crippen LogP contribution in [0.5, 0.6) is 0 Å². The zero-order chi connectivity index (χ0) is 14.8. The third-order valence-corrected chi connectivity index (χ3v) is 5.70. The lowest BCUT2D eigenvalue weighted by Gasteiger charge is -2.18. The van der Waals surface area contributed by atoms with E-state index in [0.717, 1.165) is 22.8 Å². The quantitative estimate of drug-likeness (QED) is 0.773. The summed E-state index contributed by atoms with van der Waals surface area (Å²) in [4.78, 5) is 4.61. The molecule has 0 spiro atoms. The third-order valence-electron chi connectivity index (χ3n) is 3.23. The largest absolute Gasteiger partial charge is 0.256 e. The number of nitrogens with zero attached hydrogens (tertiary/aromatic N) is 2. The lowest BCUT2D eigenvalue weighted by Crippen LogP contribution is -2.28. The topological polar surface area (TPSA) is 50.3 Å². The van der Waals surface area contributed by atoms with Crippen LogP contribution >= 0.6 is 15.9 Å². The SMILES string of the molecule is Cc1ccc(S(=O)(=O)N(C)CCCBr)c2cccnc12. The Morgan fingerprint density at radius 1 is 1.30 bits per heavy atom. The zero-order valence-corrected chi connectivity index (χ0v) is 13.9. The number of alkyl halides is 1. The summed E-state index contributed by atoms with van der Waals surface area (Å²) >= 11 is 3.32. The highest BCUT2D eigenvalue weighted by atomic mass is 79.9. The molecule has 0 saturated heterocycles. The van der Waals surface area contributed by atoms with E-state index in [-0.39, 0.29) is 0 Å². The van der Waals surface area contributed by atoms with E-state index in [1.54, 1.807) is 37.5 Å². The summed E-state index contributed by atoms with van der Waals surface area (Å²) in [6.45, 7) is 2.42. The molecule has 1 aromatic heterocycles. The summed E-state index contributed by atoms with van der Waals surface area (Å²) in [6.07, 6.45) is 2.46. The van der Waals surface area contributed by atoms with Crippen LogP contribution in [0.4, 0.5) is 0 Å². The smallest absolute Gasteiger partial charge is 0.243 e. The van der Waals surface area contributed by atoms with Crippen LogP contribution in [-0.2, 0) is 10.0 Å². The van der Waals surface area contributed by atoms with Crippen molar-refractivity contribution in [2.75, 3.05) is 18.9 Å². The molecule has 6 heteroatoms. The first-order chi connectivity index (χ1) is 9.48. The summed E-state index contributed by atoms with van der Waals surface area (Å²) in [5.41, 5.74) is 1.71. The van der Waals surface area contributed by atoms with Gasteiger partial charge in [-0.2, -0.15) is 0 Å². The molecule has 2 aromatic rings. The van der Waals surface area contributed by atoms with Gasteiger partial charge >= 0.3 is 0 Å². The minimum Gasteiger partial charge on any atom is -0.256 e. The highest BCUT2D eigenvalue weighted by Gasteiger charge is 2.23. The van der Waals surface area contributed by atoms with Gasteiger partial charge < -0.3 is 0 Å². The number of benzene rings is 1. The van der Waals surface area contributed by atoms with E-state index in [2.05, 4.69) is 20.9 Å². The van der Waals surface area contributed by atoms with Crippen molar-refractivity contribution >= 4 is 36.9 Å². The molecule has 0 bridgehead atoms. The molecule has 0 unspecified atom stereocenters. The van der Waals surface area contributed by atoms with Crippen molar-refractivity contribution in [3.63, 3.8) is 0 Å². The maximum atomic E-state index is 12.6. The van der Waals surface area contributed by atoms with Gasteiger partial charge in [0.15, 0.2) is 0 Å². The van der Waals surface area contributed by atoms with Gasteiger partial charge in [0.1, 0.15) is 0 Å². The van der Waals surface area contributed by atoms with Gasteiger partial charge in [-0.15, -0.1) is 0 Å². The van der Waals surface area contributed by atoms with Crippen molar-refractivity contribution in [1.29, 1.82) is 0 Å². The second-order valence-corrected chi connectivity index (χ2v) is 7.46. The van der Waals surface area contributed by atoms with E-state index >= 15 is 0 Å². The Hall–Kier alpha value is -0.980. The number of pyridine rings is 1. The van der Waals surface area contributed by atoms with Crippen LogP contribution in [0.1, 0.15) is 12.0 Å². The summed E-state index contributed by atoms with van der Waals surface area (Å²) in [7, 11) is -1.87. The van der Waals surface area contributed by atoms with Gasteiger partial charge in [0, 0.05) is 30.5 Å². The lowest BCUT2D eigenvalue weighted by molar-refractivity contribution is 0.471. The predicted octanol–water partition coefficient (Wildman–Crippen LogP) is 2.95. The molecule has 20 heavy (non-hydrogen) atoms. The van der Waals surface area contributed by atoms with Crippen LogP contribution < -0.4 is 0 Å². The molecule has 0 aliphatic carbocycles. The Morgan fingerprint density at radius 2 is 2.05 bits per heavy atom. The lowest BCUT2D eigenvalue weighted by atomic mass is 10.1. The first-order valence-electron chi connectivity index (χ1n) is 6.35. The number of aromatic nitrogens is 1. The van der Waals surface area contributed by atoms with Gasteiger partial charge in [-0.3, -0.25) is 4.98 Å². The number of halogens is 1. The van der Waals surface area contributed by atoms with Gasteiger partial charge in [-0.05, 0) is 37.1 Å². The van der Waals surface area contributed by atoms with Crippen LogP contribution in [0.2, 0.25) is 0 Å². The second kappa shape index (κ2) is 6.20. The molecule has 108 valence electrons. The van der Waals surface area contributed by atoms with Crippen LogP contribution in [0.3, 0.4) is 0 Å². The number of aryl methyl sites for hydroxylation is 1. The van der Waals surface area contributed by atoms with Crippen molar-refractivity contribution in [2.24, 2.45) is 0 Å². The molecule has 0 amide bonds.